The van der Waals surface area contributed by atoms with Gasteiger partial charge in [-0.2, -0.15) is 13.2 Å². The quantitative estimate of drug-likeness (QED) is 0.114. The average molecular weight is 947 g/mol. The molecule has 2 saturated heterocycles. The van der Waals surface area contributed by atoms with Crippen LogP contribution in [0.1, 0.15) is 123 Å². The summed E-state index contributed by atoms with van der Waals surface area (Å²) in [5, 5.41) is 1.48. The number of likely N-dealkylation sites (tertiary alicyclic amines) is 2. The zero-order valence-corrected chi connectivity index (χ0v) is 39.8. The highest BCUT2D eigenvalue weighted by atomic mass is 19.4. The van der Waals surface area contributed by atoms with E-state index < -0.39 is 36.0 Å². The Morgan fingerprint density at radius 2 is 0.926 bits per heavy atom. The third kappa shape index (κ3) is 14.2. The van der Waals surface area contributed by atoms with Crippen LogP contribution in [0.4, 0.5) is 42.9 Å². The highest BCUT2D eigenvalue weighted by Crippen LogP contribution is 2.30. The van der Waals surface area contributed by atoms with Crippen LogP contribution in [0.15, 0.2) is 84.9 Å². The molecule has 16 heteroatoms. The predicted octanol–water partition coefficient (Wildman–Crippen LogP) is 10.5. The van der Waals surface area contributed by atoms with Gasteiger partial charge in [0.05, 0.1) is 26.2 Å². The number of amides is 5. The van der Waals surface area contributed by atoms with Gasteiger partial charge in [-0.25, -0.2) is 18.4 Å². The molecule has 0 radical (unpaired) electrons. The third-order valence-electron chi connectivity index (χ3n) is 12.1. The minimum absolute atomic E-state index is 0.00227. The molecular weight excluding hydrogens is 884 g/mol. The second kappa shape index (κ2) is 22.8. The molecule has 4 aromatic carbocycles. The number of ketones is 2. The molecule has 366 valence electrons. The van der Waals surface area contributed by atoms with E-state index in [1.807, 2.05) is 53.4 Å². The predicted molar refractivity (Wildman–Crippen MR) is 254 cm³/mol. The number of Topliss-reactive ketones (excluding diaryl/α,β-unsaturated/α-hetero) is 2. The SMILES string of the molecule is CC(C)(C)c1ccc(N(Cc2ccc(C(=O)CN)cc2F)C(=O)N2CCCCC2)cc1.CC(C)(C)c1ccc(N(Cc2ccc(C(=O)CNC(=O)C(F)(F)F)cc2F)C(=O)N2CCCCC2)cc1. The zero-order valence-electron chi connectivity index (χ0n) is 39.8. The summed E-state index contributed by atoms with van der Waals surface area (Å²) in [6.45, 7) is 14.2. The van der Waals surface area contributed by atoms with Crippen LogP contribution in [0.2, 0.25) is 0 Å². The Bertz CT molecular complexity index is 2400. The summed E-state index contributed by atoms with van der Waals surface area (Å²) in [7, 11) is 0. The largest absolute Gasteiger partial charge is 0.471 e. The van der Waals surface area contributed by atoms with Crippen molar-refractivity contribution in [2.45, 2.75) is 110 Å². The third-order valence-corrected chi connectivity index (χ3v) is 12.1. The van der Waals surface area contributed by atoms with Crippen LogP contribution in [0.3, 0.4) is 0 Å². The Morgan fingerprint density at radius 3 is 1.25 bits per heavy atom. The number of anilines is 2. The van der Waals surface area contributed by atoms with Crippen molar-refractivity contribution in [3.8, 4) is 0 Å². The second-order valence-corrected chi connectivity index (χ2v) is 19.3. The molecule has 2 fully saturated rings. The van der Waals surface area contributed by atoms with Crippen LogP contribution in [0.5, 0.6) is 0 Å². The van der Waals surface area contributed by atoms with Crippen LogP contribution >= 0.6 is 0 Å². The minimum atomic E-state index is -5.12. The zero-order chi connectivity index (χ0) is 50.0. The van der Waals surface area contributed by atoms with Gasteiger partial charge in [-0.3, -0.25) is 24.2 Å². The smallest absolute Gasteiger partial charge is 0.341 e. The minimum Gasteiger partial charge on any atom is -0.341 e. The summed E-state index contributed by atoms with van der Waals surface area (Å²) < 4.78 is 66.9. The fourth-order valence-corrected chi connectivity index (χ4v) is 7.85. The molecule has 2 aliphatic rings. The van der Waals surface area contributed by atoms with Gasteiger partial charge < -0.3 is 20.9 Å². The summed E-state index contributed by atoms with van der Waals surface area (Å²) in [5.74, 6) is -4.73. The first kappa shape index (κ1) is 52.8. The number of piperidine rings is 2. The van der Waals surface area contributed by atoms with Crippen molar-refractivity contribution in [1.82, 2.24) is 15.1 Å². The molecule has 0 aromatic heterocycles. The number of hydrogen-bond donors (Lipinski definition) is 2. The highest BCUT2D eigenvalue weighted by Gasteiger charge is 2.38. The van der Waals surface area contributed by atoms with E-state index in [0.717, 1.165) is 61.4 Å². The van der Waals surface area contributed by atoms with Gasteiger partial charge >= 0.3 is 24.1 Å². The number of benzene rings is 4. The molecule has 3 N–H and O–H groups in total. The van der Waals surface area contributed by atoms with Crippen LogP contribution < -0.4 is 20.9 Å². The second-order valence-electron chi connectivity index (χ2n) is 19.3. The molecule has 6 rings (SSSR count). The molecule has 0 unspecified atom stereocenters. The number of nitrogens with one attached hydrogen (secondary N) is 1. The van der Waals surface area contributed by atoms with E-state index in [2.05, 4.69) is 41.5 Å². The number of carbonyl (C=O) groups is 5. The lowest BCUT2D eigenvalue weighted by molar-refractivity contribution is -0.173. The molecule has 0 atom stereocenters. The van der Waals surface area contributed by atoms with E-state index in [4.69, 9.17) is 5.73 Å². The van der Waals surface area contributed by atoms with Gasteiger partial charge in [0, 0.05) is 59.8 Å². The van der Waals surface area contributed by atoms with E-state index in [0.29, 0.717) is 37.4 Å². The van der Waals surface area contributed by atoms with Crippen molar-refractivity contribution < 1.29 is 45.9 Å². The fourth-order valence-electron chi connectivity index (χ4n) is 7.85. The maximum Gasteiger partial charge on any atom is 0.471 e. The van der Waals surface area contributed by atoms with Crippen LogP contribution in [-0.4, -0.2) is 84.8 Å². The van der Waals surface area contributed by atoms with Crippen molar-refractivity contribution >= 4 is 40.9 Å². The van der Waals surface area contributed by atoms with E-state index in [1.165, 1.54) is 28.4 Å². The molecule has 68 heavy (non-hydrogen) atoms. The van der Waals surface area contributed by atoms with Crippen LogP contribution in [0.25, 0.3) is 0 Å². The Kier molecular flexibility index (Phi) is 17.7. The summed E-state index contributed by atoms with van der Waals surface area (Å²) in [6, 6.07) is 22.9. The van der Waals surface area contributed by atoms with Crippen molar-refractivity contribution in [3.63, 3.8) is 0 Å². The molecule has 11 nitrogen and oxygen atoms in total. The van der Waals surface area contributed by atoms with Gasteiger partial charge in [-0.15, -0.1) is 0 Å². The van der Waals surface area contributed by atoms with Gasteiger partial charge in [-0.05, 0) is 96.9 Å². The van der Waals surface area contributed by atoms with E-state index >= 15 is 4.39 Å². The summed E-state index contributed by atoms with van der Waals surface area (Å²) >= 11 is 0. The number of alkyl halides is 3. The molecule has 0 aliphatic carbocycles. The molecule has 2 heterocycles. The Labute approximate surface area is 395 Å². The number of carbonyl (C=O) groups excluding carboxylic acids is 5. The Hall–Kier alpha value is -6.16. The maximum absolute atomic E-state index is 15.0. The first-order chi connectivity index (χ1) is 32.0. The first-order valence-electron chi connectivity index (χ1n) is 23.0. The topological polar surface area (TPSA) is 136 Å². The Morgan fingerprint density at radius 1 is 0.559 bits per heavy atom. The van der Waals surface area contributed by atoms with Crippen molar-refractivity contribution in [1.29, 1.82) is 0 Å². The van der Waals surface area contributed by atoms with Crippen molar-refractivity contribution in [3.05, 3.63) is 130 Å². The lowest BCUT2D eigenvalue weighted by Crippen LogP contribution is -2.45. The van der Waals surface area contributed by atoms with Crippen LogP contribution in [-0.2, 0) is 28.7 Å². The van der Waals surface area contributed by atoms with E-state index in [-0.39, 0.29) is 65.0 Å². The number of nitrogens with two attached hydrogens (primary N) is 1. The van der Waals surface area contributed by atoms with Gasteiger partial charge in [0.2, 0.25) is 0 Å². The first-order valence-corrected chi connectivity index (χ1v) is 23.0. The van der Waals surface area contributed by atoms with Gasteiger partial charge in [0.15, 0.2) is 11.6 Å². The number of halogens is 5. The molecule has 5 amide bonds. The number of urea groups is 2. The fraction of sp³-hybridized carbons (Fsp3) is 0.442. The molecule has 0 saturated carbocycles. The normalized spacial score (nSPS) is 14.4. The molecule has 0 spiro atoms. The number of rotatable bonds is 11. The average Bonchev–Trinajstić information content (AvgIpc) is 3.31. The summed E-state index contributed by atoms with van der Waals surface area (Å²) in [4.78, 5) is 68.4. The summed E-state index contributed by atoms with van der Waals surface area (Å²) in [6.07, 6.45) is 0.772. The standard InChI is InChI=1S/C27H31F4N3O3.C25H32FN3O2/c1-26(2,3)20-9-11-21(12-10-20)34(25(37)33-13-5-4-6-14-33)17-19-8-7-18(15-22(19)28)23(35)16-32-24(36)27(29,30)31;1-25(2,3)20-9-11-21(12-10-20)29(24(31)28-13-5-4-6-14-28)17-19-8-7-18(15-22(19)26)23(30)16-27/h7-12,15H,4-6,13-14,16-17H2,1-3H3,(H,32,36);7-12,15H,4-6,13-14,16-17,27H2,1-3H3. The molecule has 0 bridgehead atoms. The molecule has 4 aromatic rings. The highest BCUT2D eigenvalue weighted by molar-refractivity contribution is 6.00. The van der Waals surface area contributed by atoms with Crippen molar-refractivity contribution in [2.75, 3.05) is 49.1 Å². The van der Waals surface area contributed by atoms with E-state index in [9.17, 15) is 41.5 Å². The van der Waals surface area contributed by atoms with E-state index in [1.54, 1.807) is 21.9 Å². The molecule has 2 aliphatic heterocycles. The number of nitrogens with zero attached hydrogens (tertiary/aromatic N) is 4. The van der Waals surface area contributed by atoms with Gasteiger partial charge in [0.25, 0.3) is 0 Å². The maximum atomic E-state index is 15.0. The van der Waals surface area contributed by atoms with Crippen LogP contribution in [0, 0.1) is 11.6 Å². The number of hydrogen-bond acceptors (Lipinski definition) is 6. The monoisotopic (exact) mass is 946 g/mol. The lowest BCUT2D eigenvalue weighted by atomic mass is 9.87. The van der Waals surface area contributed by atoms with Gasteiger partial charge in [-0.1, -0.05) is 90.1 Å². The Balaban J connectivity index is 0.000000258. The summed E-state index contributed by atoms with van der Waals surface area (Å²) in [5.41, 5.74) is 9.41. The molecular formula is C52H63F5N6O5. The van der Waals surface area contributed by atoms with Crippen molar-refractivity contribution in [2.24, 2.45) is 5.73 Å². The van der Waals surface area contributed by atoms with Gasteiger partial charge in [0.1, 0.15) is 11.6 Å². The lowest BCUT2D eigenvalue weighted by Gasteiger charge is -2.33.